The lowest BCUT2D eigenvalue weighted by atomic mass is 10.4. The van der Waals surface area contributed by atoms with Crippen molar-refractivity contribution in [2.75, 3.05) is 24.6 Å². The lowest BCUT2D eigenvalue weighted by molar-refractivity contribution is 0.112. The van der Waals surface area contributed by atoms with Crippen molar-refractivity contribution in [1.82, 2.24) is 0 Å². The number of carbonyl (C=O) groups excluding carboxylic acids is 1. The number of hydrogen-bond donors (Lipinski definition) is 1. The molecule has 0 aromatic carbocycles. The number of rotatable bonds is 6. The highest BCUT2D eigenvalue weighted by Gasteiger charge is 2.14. The zero-order valence-corrected chi connectivity index (χ0v) is 8.71. The van der Waals surface area contributed by atoms with Crippen molar-refractivity contribution in [3.8, 4) is 0 Å². The predicted molar refractivity (Wildman–Crippen MR) is 55.0 cm³/mol. The van der Waals surface area contributed by atoms with Crippen LogP contribution in [0.5, 0.6) is 0 Å². The Labute approximate surface area is 89.9 Å². The molecule has 6 heteroatoms. The lowest BCUT2D eigenvalue weighted by Gasteiger charge is -2.21. The topological polar surface area (TPSA) is 40.5 Å². The molecule has 15 heavy (non-hydrogen) atoms. The van der Waals surface area contributed by atoms with Crippen molar-refractivity contribution in [1.29, 1.82) is 0 Å². The Morgan fingerprint density at radius 1 is 1.53 bits per heavy atom. The Hall–Kier alpha value is -1.01. The highest BCUT2D eigenvalue weighted by molar-refractivity contribution is 7.17. The largest absolute Gasteiger partial charge is 0.395 e. The number of alkyl halides is 2. The molecule has 1 aromatic heterocycles. The van der Waals surface area contributed by atoms with E-state index >= 15 is 0 Å². The third-order valence-corrected chi connectivity index (χ3v) is 2.84. The molecule has 0 unspecified atom stereocenters. The van der Waals surface area contributed by atoms with Crippen LogP contribution in [0.2, 0.25) is 0 Å². The molecule has 0 amide bonds. The quantitative estimate of drug-likeness (QED) is 0.762. The van der Waals surface area contributed by atoms with E-state index in [-0.39, 0.29) is 13.2 Å². The molecule has 0 aliphatic rings. The van der Waals surface area contributed by atoms with Gasteiger partial charge in [0.1, 0.15) is 0 Å². The van der Waals surface area contributed by atoms with Gasteiger partial charge in [-0.1, -0.05) is 0 Å². The summed E-state index contributed by atoms with van der Waals surface area (Å²) >= 11 is 1.14. The minimum Gasteiger partial charge on any atom is -0.395 e. The van der Waals surface area contributed by atoms with E-state index in [1.54, 1.807) is 12.1 Å². The van der Waals surface area contributed by atoms with Crippen LogP contribution in [0.3, 0.4) is 0 Å². The average molecular weight is 235 g/mol. The molecule has 1 N–H and O–H groups in total. The van der Waals surface area contributed by atoms with Crippen molar-refractivity contribution in [2.45, 2.75) is 6.43 Å². The van der Waals surface area contributed by atoms with Gasteiger partial charge in [0.05, 0.1) is 23.0 Å². The van der Waals surface area contributed by atoms with Crippen LogP contribution in [-0.4, -0.2) is 37.5 Å². The number of aliphatic hydroxyl groups excluding tert-OH is 1. The van der Waals surface area contributed by atoms with Crippen molar-refractivity contribution in [3.63, 3.8) is 0 Å². The van der Waals surface area contributed by atoms with Gasteiger partial charge in [0.2, 0.25) is 0 Å². The number of anilines is 1. The van der Waals surface area contributed by atoms with E-state index < -0.39 is 13.0 Å². The van der Waals surface area contributed by atoms with E-state index in [9.17, 15) is 13.6 Å². The van der Waals surface area contributed by atoms with Crippen molar-refractivity contribution in [2.24, 2.45) is 0 Å². The molecule has 0 radical (unpaired) electrons. The molecular weight excluding hydrogens is 224 g/mol. The van der Waals surface area contributed by atoms with Gasteiger partial charge in [-0.2, -0.15) is 0 Å². The van der Waals surface area contributed by atoms with Crippen LogP contribution in [-0.2, 0) is 0 Å². The molecule has 0 saturated heterocycles. The van der Waals surface area contributed by atoms with Gasteiger partial charge < -0.3 is 10.0 Å². The Kier molecular flexibility index (Phi) is 4.64. The van der Waals surface area contributed by atoms with Gasteiger partial charge in [-0.05, 0) is 12.1 Å². The Morgan fingerprint density at radius 2 is 2.27 bits per heavy atom. The van der Waals surface area contributed by atoms with Crippen LogP contribution in [0.15, 0.2) is 12.1 Å². The van der Waals surface area contributed by atoms with E-state index in [1.807, 2.05) is 0 Å². The summed E-state index contributed by atoms with van der Waals surface area (Å²) in [6.07, 6.45) is -1.79. The summed E-state index contributed by atoms with van der Waals surface area (Å²) in [5.74, 6) is 0. The van der Waals surface area contributed by atoms with Gasteiger partial charge >= 0.3 is 0 Å². The summed E-state index contributed by atoms with van der Waals surface area (Å²) in [4.78, 5) is 12.3. The minimum atomic E-state index is -2.46. The first kappa shape index (κ1) is 12.1. The average Bonchev–Trinajstić information content (AvgIpc) is 2.64. The number of thiophene rings is 1. The van der Waals surface area contributed by atoms with Crippen molar-refractivity contribution in [3.05, 3.63) is 17.0 Å². The van der Waals surface area contributed by atoms with Crippen LogP contribution in [0.25, 0.3) is 0 Å². The summed E-state index contributed by atoms with van der Waals surface area (Å²) in [7, 11) is 0. The van der Waals surface area contributed by atoms with Crippen LogP contribution in [0.1, 0.15) is 9.67 Å². The zero-order chi connectivity index (χ0) is 11.3. The molecule has 0 bridgehead atoms. The van der Waals surface area contributed by atoms with E-state index in [0.29, 0.717) is 16.2 Å². The first-order valence-corrected chi connectivity index (χ1v) is 5.18. The van der Waals surface area contributed by atoms with Gasteiger partial charge in [0.25, 0.3) is 6.43 Å². The second-order valence-electron chi connectivity index (χ2n) is 2.85. The first-order valence-electron chi connectivity index (χ1n) is 4.36. The second kappa shape index (κ2) is 5.77. The van der Waals surface area contributed by atoms with Gasteiger partial charge in [0.15, 0.2) is 6.29 Å². The third-order valence-electron chi connectivity index (χ3n) is 1.77. The summed E-state index contributed by atoms with van der Waals surface area (Å²) in [5.41, 5.74) is 0. The third kappa shape index (κ3) is 3.56. The Morgan fingerprint density at radius 3 is 2.73 bits per heavy atom. The smallest absolute Gasteiger partial charge is 0.255 e. The van der Waals surface area contributed by atoms with E-state index in [1.165, 1.54) is 4.90 Å². The minimum absolute atomic E-state index is 0.142. The van der Waals surface area contributed by atoms with Gasteiger partial charge in [-0.3, -0.25) is 4.79 Å². The van der Waals surface area contributed by atoms with E-state index in [2.05, 4.69) is 0 Å². The molecule has 3 nitrogen and oxygen atoms in total. The van der Waals surface area contributed by atoms with Gasteiger partial charge in [-0.15, -0.1) is 11.3 Å². The van der Waals surface area contributed by atoms with Gasteiger partial charge in [-0.25, -0.2) is 8.78 Å². The standard InChI is InChI=1S/C9H11F2NO2S/c10-8(11)5-12(3-4-13)9-2-1-7(6-14)15-9/h1-2,6,8,13H,3-5H2. The number of carbonyl (C=O) groups is 1. The van der Waals surface area contributed by atoms with Gasteiger partial charge in [0, 0.05) is 6.54 Å². The molecule has 0 atom stereocenters. The molecule has 1 aromatic rings. The van der Waals surface area contributed by atoms with E-state index in [4.69, 9.17) is 5.11 Å². The molecule has 0 saturated carbocycles. The Balaban J connectivity index is 2.73. The molecule has 84 valence electrons. The fourth-order valence-corrected chi connectivity index (χ4v) is 2.01. The predicted octanol–water partition coefficient (Wildman–Crippen LogP) is 1.62. The molecule has 1 heterocycles. The molecule has 1 rings (SSSR count). The summed E-state index contributed by atoms with van der Waals surface area (Å²) < 4.78 is 24.4. The molecular formula is C9H11F2NO2S. The maximum Gasteiger partial charge on any atom is 0.255 e. The number of nitrogens with zero attached hydrogens (tertiary/aromatic N) is 1. The number of aldehydes is 1. The van der Waals surface area contributed by atoms with Crippen LogP contribution in [0.4, 0.5) is 13.8 Å². The fraction of sp³-hybridized carbons (Fsp3) is 0.444. The molecule has 0 aliphatic heterocycles. The summed E-state index contributed by atoms with van der Waals surface area (Å²) in [6.45, 7) is -0.483. The van der Waals surface area contributed by atoms with E-state index in [0.717, 1.165) is 11.3 Å². The Bertz CT molecular complexity index is 317. The molecule has 0 fully saturated rings. The maximum atomic E-state index is 12.2. The maximum absolute atomic E-state index is 12.2. The lowest BCUT2D eigenvalue weighted by Crippen LogP contribution is -2.30. The summed E-state index contributed by atoms with van der Waals surface area (Å²) in [5, 5.41) is 9.30. The highest BCUT2D eigenvalue weighted by Crippen LogP contribution is 2.25. The van der Waals surface area contributed by atoms with Crippen molar-refractivity contribution < 1.29 is 18.7 Å². The highest BCUT2D eigenvalue weighted by atomic mass is 32.1. The molecule has 0 spiro atoms. The number of hydrogen-bond acceptors (Lipinski definition) is 4. The monoisotopic (exact) mass is 235 g/mol. The molecule has 0 aliphatic carbocycles. The number of halogens is 2. The van der Waals surface area contributed by atoms with Crippen LogP contribution in [0, 0.1) is 0 Å². The van der Waals surface area contributed by atoms with Crippen LogP contribution < -0.4 is 4.90 Å². The van der Waals surface area contributed by atoms with Crippen LogP contribution >= 0.6 is 11.3 Å². The zero-order valence-electron chi connectivity index (χ0n) is 7.90. The normalized spacial score (nSPS) is 10.7. The second-order valence-corrected chi connectivity index (χ2v) is 3.95. The number of aliphatic hydroxyl groups is 1. The van der Waals surface area contributed by atoms with Crippen molar-refractivity contribution >= 4 is 22.6 Å². The summed E-state index contributed by atoms with van der Waals surface area (Å²) in [6, 6.07) is 3.18. The fourth-order valence-electron chi connectivity index (χ4n) is 1.15. The first-order chi connectivity index (χ1) is 7.17. The SMILES string of the molecule is O=Cc1ccc(N(CCO)CC(F)F)s1.